The summed E-state index contributed by atoms with van der Waals surface area (Å²) in [5.41, 5.74) is 9.89. The molecular formula is C21H18N4O3S. The van der Waals surface area contributed by atoms with Crippen LogP contribution in [0.3, 0.4) is 0 Å². The first kappa shape index (κ1) is 18.9. The fourth-order valence-corrected chi connectivity index (χ4v) is 4.90. The number of hydrogen-bond donors (Lipinski definition) is 1. The van der Waals surface area contributed by atoms with E-state index in [0.717, 1.165) is 28.3 Å². The van der Waals surface area contributed by atoms with Crippen molar-refractivity contribution >= 4 is 27.8 Å². The molecule has 1 aliphatic heterocycles. The van der Waals surface area contributed by atoms with Gasteiger partial charge in [0.1, 0.15) is 5.82 Å². The van der Waals surface area contributed by atoms with Crippen LogP contribution in [-0.2, 0) is 4.79 Å². The molecule has 146 valence electrons. The van der Waals surface area contributed by atoms with E-state index in [4.69, 9.17) is 5.73 Å². The molecule has 0 amide bonds. The van der Waals surface area contributed by atoms with Crippen LogP contribution in [0.4, 0.5) is 10.7 Å². The summed E-state index contributed by atoms with van der Waals surface area (Å²) in [7, 11) is 0. The number of hydrogen-bond acceptors (Lipinski definition) is 7. The maximum Gasteiger partial charge on any atom is 0.324 e. The molecule has 2 aromatic rings. The Morgan fingerprint density at radius 1 is 1.24 bits per heavy atom. The number of thiophene rings is 1. The Morgan fingerprint density at radius 2 is 1.97 bits per heavy atom. The smallest absolute Gasteiger partial charge is 0.324 e. The molecule has 0 radical (unpaired) electrons. The molecule has 4 rings (SSSR count). The van der Waals surface area contributed by atoms with Gasteiger partial charge >= 0.3 is 5.00 Å². The Hall–Kier alpha value is -3.44. The molecule has 29 heavy (non-hydrogen) atoms. The number of rotatable bonds is 3. The average Bonchev–Trinajstić information content (AvgIpc) is 3.18. The van der Waals surface area contributed by atoms with E-state index >= 15 is 0 Å². The van der Waals surface area contributed by atoms with Crippen LogP contribution >= 0.6 is 11.3 Å². The van der Waals surface area contributed by atoms with Crippen LogP contribution in [0.2, 0.25) is 0 Å². The molecule has 1 aromatic carbocycles. The van der Waals surface area contributed by atoms with E-state index in [9.17, 15) is 20.2 Å². The molecule has 7 nitrogen and oxygen atoms in total. The Morgan fingerprint density at radius 3 is 2.59 bits per heavy atom. The van der Waals surface area contributed by atoms with Crippen LogP contribution in [0, 0.1) is 28.4 Å². The summed E-state index contributed by atoms with van der Waals surface area (Å²) in [6.07, 6.45) is 1.74. The van der Waals surface area contributed by atoms with Crippen molar-refractivity contribution in [2.75, 3.05) is 4.90 Å². The molecule has 0 unspecified atom stereocenters. The van der Waals surface area contributed by atoms with Gasteiger partial charge in [-0.05, 0) is 38.0 Å². The number of carbonyl (C=O) groups excluding carboxylic acids is 1. The minimum atomic E-state index is -0.664. The summed E-state index contributed by atoms with van der Waals surface area (Å²) >= 11 is 0.981. The SMILES string of the molecule is Cc1ccc(N2C(N)=C(C#N)[C@H](c3ccc([N+](=O)[O-])s3)C3=C2CCCC3=O)cc1. The highest BCUT2D eigenvalue weighted by Crippen LogP contribution is 2.48. The molecule has 8 heteroatoms. The van der Waals surface area contributed by atoms with Gasteiger partial charge < -0.3 is 5.73 Å². The molecule has 0 saturated heterocycles. The fourth-order valence-electron chi connectivity index (χ4n) is 3.96. The van der Waals surface area contributed by atoms with Gasteiger partial charge in [0, 0.05) is 34.3 Å². The summed E-state index contributed by atoms with van der Waals surface area (Å²) in [5, 5.41) is 21.0. The van der Waals surface area contributed by atoms with Gasteiger partial charge in [-0.3, -0.25) is 19.8 Å². The second-order valence-corrected chi connectivity index (χ2v) is 8.18. The van der Waals surface area contributed by atoms with E-state index in [1.165, 1.54) is 6.07 Å². The number of nitro groups is 1. The quantitative estimate of drug-likeness (QED) is 0.601. The van der Waals surface area contributed by atoms with Gasteiger partial charge in [0.2, 0.25) is 0 Å². The maximum absolute atomic E-state index is 13.0. The van der Waals surface area contributed by atoms with E-state index in [0.29, 0.717) is 29.7 Å². The Labute approximate surface area is 171 Å². The second-order valence-electron chi connectivity index (χ2n) is 7.08. The third-order valence-corrected chi connectivity index (χ3v) is 6.38. The van der Waals surface area contributed by atoms with E-state index in [-0.39, 0.29) is 22.2 Å². The molecule has 1 atom stereocenters. The van der Waals surface area contributed by atoms with E-state index in [2.05, 4.69) is 6.07 Å². The number of nitrogens with zero attached hydrogens (tertiary/aromatic N) is 3. The van der Waals surface area contributed by atoms with Crippen LogP contribution < -0.4 is 10.6 Å². The molecule has 0 saturated carbocycles. The Kier molecular flexibility index (Phi) is 4.68. The van der Waals surface area contributed by atoms with Crippen LogP contribution in [-0.4, -0.2) is 10.7 Å². The molecule has 0 bridgehead atoms. The van der Waals surface area contributed by atoms with Crippen LogP contribution in [0.5, 0.6) is 0 Å². The minimum Gasteiger partial charge on any atom is -0.384 e. The number of ketones is 1. The van der Waals surface area contributed by atoms with Gasteiger partial charge in [0.25, 0.3) is 0 Å². The Bertz CT molecular complexity index is 1120. The molecular weight excluding hydrogens is 388 g/mol. The summed E-state index contributed by atoms with van der Waals surface area (Å²) in [6, 6.07) is 12.9. The molecule has 0 spiro atoms. The third kappa shape index (κ3) is 3.09. The zero-order chi connectivity index (χ0) is 20.7. The number of anilines is 1. The predicted octanol–water partition coefficient (Wildman–Crippen LogP) is 4.27. The first-order chi connectivity index (χ1) is 13.9. The lowest BCUT2D eigenvalue weighted by Gasteiger charge is -2.39. The van der Waals surface area contributed by atoms with Gasteiger partial charge in [0.05, 0.1) is 22.5 Å². The van der Waals surface area contributed by atoms with Gasteiger partial charge in [0.15, 0.2) is 5.78 Å². The van der Waals surface area contributed by atoms with Crippen molar-refractivity contribution < 1.29 is 9.72 Å². The monoisotopic (exact) mass is 406 g/mol. The van der Waals surface area contributed by atoms with Crippen molar-refractivity contribution in [1.29, 1.82) is 5.26 Å². The van der Waals surface area contributed by atoms with Crippen molar-refractivity contribution in [3.63, 3.8) is 0 Å². The van der Waals surface area contributed by atoms with Crippen LogP contribution in [0.1, 0.15) is 35.6 Å². The second kappa shape index (κ2) is 7.18. The molecule has 1 aliphatic carbocycles. The lowest BCUT2D eigenvalue weighted by molar-refractivity contribution is -0.380. The van der Waals surface area contributed by atoms with Crippen molar-refractivity contribution in [2.24, 2.45) is 5.73 Å². The van der Waals surface area contributed by atoms with Gasteiger partial charge in [-0.25, -0.2) is 0 Å². The molecule has 1 aromatic heterocycles. The highest BCUT2D eigenvalue weighted by molar-refractivity contribution is 7.15. The first-order valence-electron chi connectivity index (χ1n) is 9.19. The van der Waals surface area contributed by atoms with Crippen LogP contribution in [0.15, 0.2) is 59.1 Å². The maximum atomic E-state index is 13.0. The highest BCUT2D eigenvalue weighted by atomic mass is 32.1. The van der Waals surface area contributed by atoms with Crippen molar-refractivity contribution in [3.8, 4) is 6.07 Å². The predicted molar refractivity (Wildman–Crippen MR) is 110 cm³/mol. The van der Waals surface area contributed by atoms with Crippen LogP contribution in [0.25, 0.3) is 0 Å². The van der Waals surface area contributed by atoms with Crippen molar-refractivity contribution in [3.05, 3.63) is 79.6 Å². The number of allylic oxidation sites excluding steroid dienone is 3. The van der Waals surface area contributed by atoms with Gasteiger partial charge in [-0.1, -0.05) is 29.0 Å². The number of carbonyl (C=O) groups is 1. The molecule has 2 heterocycles. The summed E-state index contributed by atoms with van der Waals surface area (Å²) < 4.78 is 0. The number of Topliss-reactive ketones (excluding diaryl/α,β-unsaturated/α-hetero) is 1. The lowest BCUT2D eigenvalue weighted by atomic mass is 9.78. The zero-order valence-corrected chi connectivity index (χ0v) is 16.5. The largest absolute Gasteiger partial charge is 0.384 e. The fraction of sp³-hybridized carbons (Fsp3) is 0.238. The summed E-state index contributed by atoms with van der Waals surface area (Å²) in [5.74, 6) is -0.432. The molecule has 2 N–H and O–H groups in total. The van der Waals surface area contributed by atoms with Gasteiger partial charge in [-0.2, -0.15) is 5.26 Å². The molecule has 0 fully saturated rings. The van der Waals surface area contributed by atoms with E-state index in [1.807, 2.05) is 31.2 Å². The number of nitriles is 1. The van der Waals surface area contributed by atoms with Crippen molar-refractivity contribution in [1.82, 2.24) is 0 Å². The highest BCUT2D eigenvalue weighted by Gasteiger charge is 2.41. The number of benzene rings is 1. The average molecular weight is 406 g/mol. The Balaban J connectivity index is 1.94. The van der Waals surface area contributed by atoms with E-state index < -0.39 is 10.8 Å². The molecule has 2 aliphatic rings. The zero-order valence-electron chi connectivity index (χ0n) is 15.7. The summed E-state index contributed by atoms with van der Waals surface area (Å²) in [6.45, 7) is 1.98. The van der Waals surface area contributed by atoms with Gasteiger partial charge in [-0.15, -0.1) is 0 Å². The first-order valence-corrected chi connectivity index (χ1v) is 10.0. The number of aryl methyl sites for hydroxylation is 1. The lowest BCUT2D eigenvalue weighted by Crippen LogP contribution is -2.38. The van der Waals surface area contributed by atoms with Crippen molar-refractivity contribution in [2.45, 2.75) is 32.1 Å². The normalized spacial score (nSPS) is 19.2. The topological polar surface area (TPSA) is 113 Å². The number of nitrogens with two attached hydrogens (primary N) is 1. The summed E-state index contributed by atoms with van der Waals surface area (Å²) in [4.78, 5) is 26.0. The van der Waals surface area contributed by atoms with E-state index in [1.54, 1.807) is 11.0 Å². The standard InChI is InChI=1S/C21H18N4O3S/c1-12-5-7-13(8-6-12)24-15-3-2-4-16(26)20(15)19(14(11-22)21(24)23)17-9-10-18(29-17)25(27)28/h5-10,19H,2-4,23H2,1H3/t19-/m1/s1. The minimum absolute atomic E-state index is 0.0257. The third-order valence-electron chi connectivity index (χ3n) is 5.28.